The molecule has 0 bridgehead atoms. The predicted octanol–water partition coefficient (Wildman–Crippen LogP) is 2.75. The van der Waals surface area contributed by atoms with E-state index in [2.05, 4.69) is 21.6 Å². The van der Waals surface area contributed by atoms with Crippen molar-refractivity contribution < 1.29 is 12.8 Å². The maximum absolute atomic E-state index is 13.3. The van der Waals surface area contributed by atoms with Gasteiger partial charge in [-0.25, -0.2) is 17.5 Å². The Morgan fingerprint density at radius 2 is 1.63 bits per heavy atom. The van der Waals surface area contributed by atoms with Gasteiger partial charge in [0.2, 0.25) is 10.0 Å². The smallest absolute Gasteiger partial charge is 0.240 e. The maximum atomic E-state index is 13.3. The van der Waals surface area contributed by atoms with E-state index in [9.17, 15) is 12.8 Å². The third-order valence-corrected chi connectivity index (χ3v) is 6.52. The molecule has 0 amide bonds. The zero-order chi connectivity index (χ0) is 19.4. The van der Waals surface area contributed by atoms with Crippen LogP contribution in [-0.4, -0.2) is 58.0 Å². The molecule has 1 aliphatic rings. The van der Waals surface area contributed by atoms with E-state index in [0.717, 1.165) is 31.7 Å². The van der Waals surface area contributed by atoms with Crippen LogP contribution in [0.2, 0.25) is 5.02 Å². The minimum Gasteiger partial charge on any atom is -0.304 e. The number of hydrogen-bond acceptors (Lipinski definition) is 4. The van der Waals surface area contributed by atoms with Gasteiger partial charge in [-0.15, -0.1) is 0 Å². The first kappa shape index (κ1) is 20.2. The molecular formula is C19H23ClFN3O2S. The fraction of sp³-hybridized carbons (Fsp3) is 0.368. The van der Waals surface area contributed by atoms with Crippen molar-refractivity contribution in [3.63, 3.8) is 0 Å². The summed E-state index contributed by atoms with van der Waals surface area (Å²) in [6.07, 6.45) is 0. The molecular weight excluding hydrogens is 389 g/mol. The second-order valence-electron chi connectivity index (χ2n) is 6.71. The van der Waals surface area contributed by atoms with Crippen molar-refractivity contribution in [1.82, 2.24) is 14.5 Å². The summed E-state index contributed by atoms with van der Waals surface area (Å²) in [5, 5.41) is 0.482. The lowest BCUT2D eigenvalue weighted by Crippen LogP contribution is -2.48. The third kappa shape index (κ3) is 5.27. The molecule has 2 aromatic carbocycles. The molecule has 0 aliphatic carbocycles. The van der Waals surface area contributed by atoms with Gasteiger partial charge in [-0.2, -0.15) is 0 Å². The molecule has 1 unspecified atom stereocenters. The van der Waals surface area contributed by atoms with Crippen molar-refractivity contribution in [3.8, 4) is 0 Å². The highest BCUT2D eigenvalue weighted by Gasteiger charge is 2.26. The molecule has 146 valence electrons. The summed E-state index contributed by atoms with van der Waals surface area (Å²) in [5.74, 6) is -0.308. The summed E-state index contributed by atoms with van der Waals surface area (Å²) in [7, 11) is -1.59. The van der Waals surface area contributed by atoms with Gasteiger partial charge >= 0.3 is 0 Å². The average molecular weight is 412 g/mol. The molecule has 1 saturated heterocycles. The largest absolute Gasteiger partial charge is 0.304 e. The van der Waals surface area contributed by atoms with E-state index in [1.54, 1.807) is 24.3 Å². The zero-order valence-corrected chi connectivity index (χ0v) is 16.7. The Morgan fingerprint density at radius 3 is 2.22 bits per heavy atom. The second-order valence-corrected chi connectivity index (χ2v) is 8.92. The molecule has 1 aliphatic heterocycles. The van der Waals surface area contributed by atoms with Crippen molar-refractivity contribution in [2.24, 2.45) is 0 Å². The highest BCUT2D eigenvalue weighted by Crippen LogP contribution is 2.23. The number of sulfonamides is 1. The van der Waals surface area contributed by atoms with Crippen LogP contribution in [0.3, 0.4) is 0 Å². The van der Waals surface area contributed by atoms with Crippen LogP contribution < -0.4 is 4.72 Å². The lowest BCUT2D eigenvalue weighted by Gasteiger charge is -2.38. The Labute approximate surface area is 164 Å². The Hall–Kier alpha value is -1.51. The third-order valence-electron chi connectivity index (χ3n) is 4.82. The Morgan fingerprint density at radius 1 is 1.04 bits per heavy atom. The monoisotopic (exact) mass is 411 g/mol. The fourth-order valence-electron chi connectivity index (χ4n) is 3.16. The summed E-state index contributed by atoms with van der Waals surface area (Å²) in [4.78, 5) is 4.64. The van der Waals surface area contributed by atoms with Crippen LogP contribution in [-0.2, 0) is 10.0 Å². The first-order valence-electron chi connectivity index (χ1n) is 8.78. The molecule has 5 nitrogen and oxygen atoms in total. The molecule has 1 N–H and O–H groups in total. The van der Waals surface area contributed by atoms with Gasteiger partial charge in [0.25, 0.3) is 0 Å². The van der Waals surface area contributed by atoms with Crippen molar-refractivity contribution in [3.05, 3.63) is 64.9 Å². The zero-order valence-electron chi connectivity index (χ0n) is 15.1. The van der Waals surface area contributed by atoms with Gasteiger partial charge in [-0.1, -0.05) is 23.7 Å². The number of likely N-dealkylation sites (N-methyl/N-ethyl adjacent to an activating group) is 1. The first-order chi connectivity index (χ1) is 12.8. The van der Waals surface area contributed by atoms with Gasteiger partial charge in [0, 0.05) is 43.8 Å². The quantitative estimate of drug-likeness (QED) is 0.794. The molecule has 0 aromatic heterocycles. The van der Waals surface area contributed by atoms with Crippen molar-refractivity contribution >= 4 is 21.6 Å². The van der Waals surface area contributed by atoms with Gasteiger partial charge in [0.15, 0.2) is 0 Å². The number of nitrogens with one attached hydrogen (secondary N) is 1. The van der Waals surface area contributed by atoms with Crippen molar-refractivity contribution in [2.75, 3.05) is 39.8 Å². The Balaban J connectivity index is 1.78. The molecule has 8 heteroatoms. The topological polar surface area (TPSA) is 52.6 Å². The maximum Gasteiger partial charge on any atom is 0.240 e. The molecule has 0 spiro atoms. The van der Waals surface area contributed by atoms with Crippen LogP contribution >= 0.6 is 11.6 Å². The highest BCUT2D eigenvalue weighted by molar-refractivity contribution is 7.89. The van der Waals surface area contributed by atoms with Crippen LogP contribution in [0.1, 0.15) is 11.6 Å². The van der Waals surface area contributed by atoms with E-state index < -0.39 is 10.0 Å². The summed E-state index contributed by atoms with van der Waals surface area (Å²) in [6, 6.07) is 12.1. The summed E-state index contributed by atoms with van der Waals surface area (Å²) in [6.45, 7) is 3.66. The minimum atomic E-state index is -3.66. The predicted molar refractivity (Wildman–Crippen MR) is 105 cm³/mol. The summed E-state index contributed by atoms with van der Waals surface area (Å²) in [5.41, 5.74) is 0.889. The van der Waals surface area contributed by atoms with E-state index in [0.29, 0.717) is 5.02 Å². The van der Waals surface area contributed by atoms with Crippen LogP contribution in [0, 0.1) is 5.82 Å². The number of nitrogens with zero attached hydrogens (tertiary/aromatic N) is 2. The second kappa shape index (κ2) is 8.67. The molecule has 0 saturated carbocycles. The lowest BCUT2D eigenvalue weighted by atomic mass is 10.0. The van der Waals surface area contributed by atoms with Gasteiger partial charge in [0.05, 0.1) is 4.90 Å². The highest BCUT2D eigenvalue weighted by atomic mass is 35.5. The van der Waals surface area contributed by atoms with E-state index >= 15 is 0 Å². The number of halogens is 2. The fourth-order valence-corrected chi connectivity index (χ4v) is 4.33. The molecule has 1 heterocycles. The van der Waals surface area contributed by atoms with E-state index in [1.165, 1.54) is 24.3 Å². The number of benzene rings is 2. The Kier molecular flexibility index (Phi) is 6.49. The van der Waals surface area contributed by atoms with E-state index in [-0.39, 0.29) is 23.3 Å². The van der Waals surface area contributed by atoms with Gasteiger partial charge < -0.3 is 4.90 Å². The first-order valence-corrected chi connectivity index (χ1v) is 10.6. The Bertz CT molecular complexity index is 852. The molecule has 1 atom stereocenters. The van der Waals surface area contributed by atoms with Gasteiger partial charge in [-0.3, -0.25) is 4.90 Å². The lowest BCUT2D eigenvalue weighted by molar-refractivity contribution is 0.113. The van der Waals surface area contributed by atoms with Crippen LogP contribution in [0.5, 0.6) is 0 Å². The molecule has 0 radical (unpaired) electrons. The van der Waals surface area contributed by atoms with E-state index in [4.69, 9.17) is 11.6 Å². The minimum absolute atomic E-state index is 0.165. The van der Waals surface area contributed by atoms with Crippen molar-refractivity contribution in [2.45, 2.75) is 10.9 Å². The van der Waals surface area contributed by atoms with Crippen LogP contribution in [0.4, 0.5) is 4.39 Å². The molecule has 27 heavy (non-hydrogen) atoms. The van der Waals surface area contributed by atoms with Gasteiger partial charge in [-0.05, 0) is 49.0 Å². The van der Waals surface area contributed by atoms with E-state index in [1.807, 2.05) is 0 Å². The van der Waals surface area contributed by atoms with Crippen molar-refractivity contribution in [1.29, 1.82) is 0 Å². The SMILES string of the molecule is CN1CCN(C(CNS(=O)(=O)c2ccc(Cl)cc2)c2ccc(F)cc2)CC1. The average Bonchev–Trinajstić information content (AvgIpc) is 2.65. The number of piperazine rings is 1. The standard InChI is InChI=1S/C19H23ClFN3O2S/c1-23-10-12-24(13-11-23)19(15-2-6-17(21)7-3-15)14-22-27(25,26)18-8-4-16(20)5-9-18/h2-9,19,22H,10-14H2,1H3. The molecule has 3 rings (SSSR count). The van der Waals surface area contributed by atoms with Crippen LogP contribution in [0.25, 0.3) is 0 Å². The summed E-state index contributed by atoms with van der Waals surface area (Å²) >= 11 is 5.84. The summed E-state index contributed by atoms with van der Waals surface area (Å²) < 4.78 is 41.3. The van der Waals surface area contributed by atoms with Gasteiger partial charge in [0.1, 0.15) is 5.82 Å². The number of rotatable bonds is 6. The normalized spacial score (nSPS) is 17.7. The molecule has 2 aromatic rings. The van der Waals surface area contributed by atoms with Crippen LogP contribution in [0.15, 0.2) is 53.4 Å². The number of hydrogen-bond donors (Lipinski definition) is 1. The molecule has 1 fully saturated rings.